The molecule has 0 spiro atoms. The van der Waals surface area contributed by atoms with Crippen LogP contribution in [0.4, 0.5) is 5.69 Å². The average Bonchev–Trinajstić information content (AvgIpc) is 3.00. The smallest absolute Gasteiger partial charge is 0.260 e. The first kappa shape index (κ1) is 23.6. The number of aryl methyl sites for hydroxylation is 2. The summed E-state index contributed by atoms with van der Waals surface area (Å²) in [6, 6.07) is 16.4. The molecule has 3 aromatic rings. The molecule has 1 aromatic heterocycles. The Morgan fingerprint density at radius 3 is 2.41 bits per heavy atom. The van der Waals surface area contributed by atoms with Crippen molar-refractivity contribution in [3.05, 3.63) is 82.1 Å². The van der Waals surface area contributed by atoms with Crippen molar-refractivity contribution in [1.29, 1.82) is 0 Å². The highest BCUT2D eigenvalue weighted by molar-refractivity contribution is 7.92. The minimum atomic E-state index is -3.64. The molecule has 0 saturated heterocycles. The zero-order valence-electron chi connectivity index (χ0n) is 18.3. The van der Waals surface area contributed by atoms with Gasteiger partial charge >= 0.3 is 0 Å². The number of carbonyl (C=O) groups is 1. The number of benzene rings is 2. The van der Waals surface area contributed by atoms with E-state index in [4.69, 9.17) is 11.6 Å². The molecule has 0 radical (unpaired) electrons. The lowest BCUT2D eigenvalue weighted by molar-refractivity contribution is -0.119. The lowest BCUT2D eigenvalue weighted by Crippen LogP contribution is -2.39. The first-order valence-corrected chi connectivity index (χ1v) is 12.1. The van der Waals surface area contributed by atoms with E-state index < -0.39 is 15.9 Å². The van der Waals surface area contributed by atoms with Gasteiger partial charge in [0.2, 0.25) is 10.0 Å². The van der Waals surface area contributed by atoms with Gasteiger partial charge in [-0.1, -0.05) is 41.4 Å². The normalized spacial score (nSPS) is 11.7. The van der Waals surface area contributed by atoms with Crippen molar-refractivity contribution in [2.24, 2.45) is 5.10 Å². The molecule has 1 N–H and O–H groups in total. The van der Waals surface area contributed by atoms with Crippen LogP contribution in [-0.4, -0.2) is 37.9 Å². The van der Waals surface area contributed by atoms with Gasteiger partial charge in [0, 0.05) is 17.0 Å². The van der Waals surface area contributed by atoms with Crippen molar-refractivity contribution in [3.63, 3.8) is 0 Å². The molecule has 168 valence electrons. The lowest BCUT2D eigenvalue weighted by atomic mass is 10.2. The summed E-state index contributed by atoms with van der Waals surface area (Å²) in [7, 11) is -3.64. The molecule has 1 amide bonds. The lowest BCUT2D eigenvalue weighted by Gasteiger charge is -2.21. The molecule has 0 saturated carbocycles. The Labute approximate surface area is 193 Å². The van der Waals surface area contributed by atoms with Gasteiger partial charge < -0.3 is 4.57 Å². The van der Waals surface area contributed by atoms with E-state index in [1.54, 1.807) is 24.3 Å². The van der Waals surface area contributed by atoms with Gasteiger partial charge in [0.05, 0.1) is 28.9 Å². The van der Waals surface area contributed by atoms with Crippen molar-refractivity contribution < 1.29 is 13.2 Å². The van der Waals surface area contributed by atoms with Gasteiger partial charge in [-0.2, -0.15) is 5.10 Å². The summed E-state index contributed by atoms with van der Waals surface area (Å²) < 4.78 is 27.4. The van der Waals surface area contributed by atoms with Crippen molar-refractivity contribution in [2.45, 2.75) is 20.8 Å². The van der Waals surface area contributed by atoms with Crippen LogP contribution in [0.3, 0.4) is 0 Å². The van der Waals surface area contributed by atoms with Crippen LogP contribution < -0.4 is 9.73 Å². The maximum Gasteiger partial charge on any atom is 0.260 e. The minimum absolute atomic E-state index is 0.377. The number of halogens is 1. The molecule has 0 atom stereocenters. The van der Waals surface area contributed by atoms with Gasteiger partial charge in [-0.05, 0) is 51.1 Å². The molecular weight excluding hydrogens is 448 g/mol. The van der Waals surface area contributed by atoms with E-state index in [0.29, 0.717) is 10.7 Å². The number of anilines is 1. The summed E-state index contributed by atoms with van der Waals surface area (Å²) in [5.74, 6) is -0.549. The zero-order chi connectivity index (χ0) is 23.5. The highest BCUT2D eigenvalue weighted by atomic mass is 35.5. The second-order valence-electron chi connectivity index (χ2n) is 7.51. The van der Waals surface area contributed by atoms with Crippen molar-refractivity contribution in [3.8, 4) is 5.69 Å². The number of rotatable bonds is 7. The van der Waals surface area contributed by atoms with Crippen LogP contribution in [0.5, 0.6) is 0 Å². The zero-order valence-corrected chi connectivity index (χ0v) is 19.9. The highest BCUT2D eigenvalue weighted by Gasteiger charge is 2.20. The Kier molecular flexibility index (Phi) is 7.06. The summed E-state index contributed by atoms with van der Waals surface area (Å²) in [4.78, 5) is 12.4. The monoisotopic (exact) mass is 472 g/mol. The molecule has 0 fully saturated rings. The van der Waals surface area contributed by atoms with Crippen LogP contribution in [0.2, 0.25) is 5.02 Å². The van der Waals surface area contributed by atoms with E-state index in [0.717, 1.165) is 38.8 Å². The molecular formula is C23H25ClN4O3S. The van der Waals surface area contributed by atoms with Gasteiger partial charge in [0.15, 0.2) is 0 Å². The number of hydrogen-bond donors (Lipinski definition) is 1. The quantitative estimate of drug-likeness (QED) is 0.417. The number of nitrogens with one attached hydrogen (secondary N) is 1. The Hall–Kier alpha value is -3.10. The highest BCUT2D eigenvalue weighted by Crippen LogP contribution is 2.25. The second kappa shape index (κ2) is 9.58. The Morgan fingerprint density at radius 2 is 1.78 bits per heavy atom. The molecule has 9 heteroatoms. The molecule has 32 heavy (non-hydrogen) atoms. The predicted octanol–water partition coefficient (Wildman–Crippen LogP) is 3.97. The molecule has 0 aliphatic heterocycles. The third kappa shape index (κ3) is 5.38. The number of amides is 1. The van der Waals surface area contributed by atoms with Crippen LogP contribution in [0.25, 0.3) is 5.69 Å². The second-order valence-corrected chi connectivity index (χ2v) is 9.83. The van der Waals surface area contributed by atoms with E-state index >= 15 is 0 Å². The Morgan fingerprint density at radius 1 is 1.12 bits per heavy atom. The van der Waals surface area contributed by atoms with Gasteiger partial charge in [-0.3, -0.25) is 9.10 Å². The molecule has 0 aliphatic carbocycles. The van der Waals surface area contributed by atoms with Crippen LogP contribution in [0.15, 0.2) is 59.7 Å². The van der Waals surface area contributed by atoms with E-state index in [1.165, 1.54) is 6.21 Å². The van der Waals surface area contributed by atoms with Gasteiger partial charge in [-0.25, -0.2) is 13.8 Å². The van der Waals surface area contributed by atoms with Crippen molar-refractivity contribution in [1.82, 2.24) is 9.99 Å². The predicted molar refractivity (Wildman–Crippen MR) is 129 cm³/mol. The first-order valence-electron chi connectivity index (χ1n) is 9.88. The molecule has 0 bridgehead atoms. The van der Waals surface area contributed by atoms with Crippen LogP contribution in [-0.2, 0) is 14.8 Å². The van der Waals surface area contributed by atoms with Crippen molar-refractivity contribution >= 4 is 39.4 Å². The van der Waals surface area contributed by atoms with E-state index in [9.17, 15) is 13.2 Å². The maximum atomic E-state index is 12.4. The fourth-order valence-corrected chi connectivity index (χ4v) is 4.45. The SMILES string of the molecule is Cc1ccc(N(CC(=O)N/N=C\c2cc(C)n(-c3ccccc3Cl)c2C)S(C)(=O)=O)cc1. The molecule has 1 heterocycles. The molecule has 0 aliphatic rings. The number of para-hydroxylation sites is 1. The molecule has 0 unspecified atom stereocenters. The third-order valence-corrected chi connectivity index (χ3v) is 6.43. The van der Waals surface area contributed by atoms with Crippen LogP contribution in [0, 0.1) is 20.8 Å². The van der Waals surface area contributed by atoms with E-state index in [-0.39, 0.29) is 6.54 Å². The summed E-state index contributed by atoms with van der Waals surface area (Å²) >= 11 is 6.34. The molecule has 7 nitrogen and oxygen atoms in total. The molecule has 2 aromatic carbocycles. The number of hydrazone groups is 1. The van der Waals surface area contributed by atoms with Crippen LogP contribution >= 0.6 is 11.6 Å². The number of sulfonamides is 1. The standard InChI is InChI=1S/C23H25ClN4O3S/c1-16-9-11-20(12-10-16)27(32(4,30)31)15-23(29)26-25-14-19-13-17(2)28(18(19)3)22-8-6-5-7-21(22)24/h5-14H,15H2,1-4H3,(H,26,29)/b25-14-. The molecule has 3 rings (SSSR count). The summed E-state index contributed by atoms with van der Waals surface area (Å²) in [6.07, 6.45) is 2.59. The van der Waals surface area contributed by atoms with E-state index in [1.807, 2.05) is 55.7 Å². The summed E-state index contributed by atoms with van der Waals surface area (Å²) in [5, 5.41) is 4.65. The van der Waals surface area contributed by atoms with Gasteiger partial charge in [0.1, 0.15) is 6.54 Å². The minimum Gasteiger partial charge on any atom is -0.316 e. The third-order valence-electron chi connectivity index (χ3n) is 4.97. The fourth-order valence-electron chi connectivity index (χ4n) is 3.37. The summed E-state index contributed by atoms with van der Waals surface area (Å²) in [5.41, 5.74) is 7.35. The fraction of sp³-hybridized carbons (Fsp3) is 0.217. The van der Waals surface area contributed by atoms with Crippen molar-refractivity contribution in [2.75, 3.05) is 17.1 Å². The average molecular weight is 473 g/mol. The Balaban J connectivity index is 1.74. The van der Waals surface area contributed by atoms with Crippen LogP contribution in [0.1, 0.15) is 22.5 Å². The number of nitrogens with zero attached hydrogens (tertiary/aromatic N) is 3. The number of hydrogen-bond acceptors (Lipinski definition) is 4. The number of aromatic nitrogens is 1. The Bertz CT molecular complexity index is 1260. The number of carbonyl (C=O) groups excluding carboxylic acids is 1. The summed E-state index contributed by atoms with van der Waals surface area (Å²) in [6.45, 7) is 5.41. The van der Waals surface area contributed by atoms with Gasteiger partial charge in [-0.15, -0.1) is 0 Å². The maximum absolute atomic E-state index is 12.4. The van der Waals surface area contributed by atoms with E-state index in [2.05, 4.69) is 10.5 Å². The topological polar surface area (TPSA) is 83.8 Å². The largest absolute Gasteiger partial charge is 0.316 e. The van der Waals surface area contributed by atoms with Gasteiger partial charge in [0.25, 0.3) is 5.91 Å². The first-order chi connectivity index (χ1) is 15.1.